The van der Waals surface area contributed by atoms with E-state index in [2.05, 4.69) is 47.9 Å². The Labute approximate surface area is 161 Å². The average molecular weight is 370 g/mol. The maximum absolute atomic E-state index is 12.7. The van der Waals surface area contributed by atoms with Crippen molar-refractivity contribution in [1.82, 2.24) is 9.80 Å². The third kappa shape index (κ3) is 3.86. The number of hydrogen-bond donors (Lipinski definition) is 1. The van der Waals surface area contributed by atoms with E-state index in [1.807, 2.05) is 12.1 Å². The third-order valence-corrected chi connectivity index (χ3v) is 5.96. The highest BCUT2D eigenvalue weighted by Gasteiger charge is 2.48. The first-order valence-electron chi connectivity index (χ1n) is 9.62. The Balaban J connectivity index is 1.63. The van der Waals surface area contributed by atoms with E-state index in [1.165, 1.54) is 24.6 Å². The molecule has 2 aliphatic rings. The first-order chi connectivity index (χ1) is 12.8. The number of anilines is 2. The Kier molecular flexibility index (Phi) is 5.56. The number of hydrogen-bond acceptors (Lipinski definition) is 4. The van der Waals surface area contributed by atoms with Crippen LogP contribution >= 0.6 is 0 Å². The van der Waals surface area contributed by atoms with Crippen LogP contribution in [0.2, 0.25) is 0 Å². The number of likely N-dealkylation sites (tertiary alicyclic amines) is 1. The second-order valence-corrected chi connectivity index (χ2v) is 7.92. The van der Waals surface area contributed by atoms with Crippen LogP contribution in [0.15, 0.2) is 36.9 Å². The number of piperidine rings is 1. The number of nitrogens with one attached hydrogen (secondary N) is 1. The molecule has 27 heavy (non-hydrogen) atoms. The molecule has 2 amide bonds. The zero-order valence-electron chi connectivity index (χ0n) is 16.6. The number of benzene rings is 1. The van der Waals surface area contributed by atoms with Crippen molar-refractivity contribution in [3.8, 4) is 0 Å². The molecule has 2 unspecified atom stereocenters. The summed E-state index contributed by atoms with van der Waals surface area (Å²) in [4.78, 5) is 30.8. The van der Waals surface area contributed by atoms with Crippen molar-refractivity contribution in [2.45, 2.75) is 37.8 Å². The Morgan fingerprint density at radius 2 is 1.96 bits per heavy atom. The summed E-state index contributed by atoms with van der Waals surface area (Å²) in [6.07, 6.45) is 4.35. The normalized spacial score (nSPS) is 25.1. The second-order valence-electron chi connectivity index (χ2n) is 7.92. The van der Waals surface area contributed by atoms with Gasteiger partial charge in [-0.05, 0) is 70.6 Å². The Morgan fingerprint density at radius 3 is 2.52 bits per heavy atom. The van der Waals surface area contributed by atoms with Crippen molar-refractivity contribution in [1.29, 1.82) is 0 Å². The summed E-state index contributed by atoms with van der Waals surface area (Å²) in [6.45, 7) is 7.99. The number of nitrogens with zero attached hydrogens (tertiary/aromatic N) is 3. The van der Waals surface area contributed by atoms with Crippen LogP contribution in [0.1, 0.15) is 26.2 Å². The van der Waals surface area contributed by atoms with Gasteiger partial charge < -0.3 is 20.0 Å². The maximum atomic E-state index is 12.7. The van der Waals surface area contributed by atoms with Gasteiger partial charge in [0.2, 0.25) is 11.8 Å². The van der Waals surface area contributed by atoms with Crippen molar-refractivity contribution in [3.05, 3.63) is 36.9 Å². The van der Waals surface area contributed by atoms with E-state index < -0.39 is 5.54 Å². The molecule has 146 valence electrons. The number of likely N-dealkylation sites (N-methyl/N-ethyl adjacent to an activating group) is 1. The lowest BCUT2D eigenvalue weighted by Crippen LogP contribution is -2.65. The highest BCUT2D eigenvalue weighted by molar-refractivity contribution is 6.03. The van der Waals surface area contributed by atoms with Gasteiger partial charge in [0.25, 0.3) is 0 Å². The zero-order chi connectivity index (χ0) is 19.6. The van der Waals surface area contributed by atoms with Gasteiger partial charge in [0.1, 0.15) is 5.54 Å². The lowest BCUT2D eigenvalue weighted by Gasteiger charge is -2.48. The summed E-state index contributed by atoms with van der Waals surface area (Å²) >= 11 is 0. The van der Waals surface area contributed by atoms with Gasteiger partial charge in [0.05, 0.1) is 0 Å². The van der Waals surface area contributed by atoms with Crippen molar-refractivity contribution < 1.29 is 9.59 Å². The number of carbonyl (C=O) groups excluding carboxylic acids is 2. The molecule has 0 bridgehead atoms. The summed E-state index contributed by atoms with van der Waals surface area (Å²) in [5.41, 5.74) is 1.14. The van der Waals surface area contributed by atoms with Gasteiger partial charge in [-0.1, -0.05) is 6.58 Å². The van der Waals surface area contributed by atoms with E-state index in [1.54, 1.807) is 11.8 Å². The van der Waals surface area contributed by atoms with Gasteiger partial charge in [0.15, 0.2) is 0 Å². The van der Waals surface area contributed by atoms with Gasteiger partial charge in [-0.25, -0.2) is 0 Å². The van der Waals surface area contributed by atoms with Crippen LogP contribution in [0.4, 0.5) is 11.4 Å². The molecule has 2 atom stereocenters. The highest BCUT2D eigenvalue weighted by Crippen LogP contribution is 2.32. The summed E-state index contributed by atoms with van der Waals surface area (Å²) in [5, 5.41) is 2.96. The van der Waals surface area contributed by atoms with Crippen LogP contribution in [0, 0.1) is 0 Å². The van der Waals surface area contributed by atoms with Crippen LogP contribution < -0.4 is 10.2 Å². The molecule has 6 nitrogen and oxygen atoms in total. The molecule has 2 saturated heterocycles. The minimum absolute atomic E-state index is 0.151. The van der Waals surface area contributed by atoms with E-state index in [4.69, 9.17) is 0 Å². The summed E-state index contributed by atoms with van der Waals surface area (Å²) in [6, 6.07) is 8.57. The van der Waals surface area contributed by atoms with Gasteiger partial charge in [-0.2, -0.15) is 0 Å². The van der Waals surface area contributed by atoms with Crippen molar-refractivity contribution in [2.75, 3.05) is 43.9 Å². The molecule has 6 heteroatoms. The summed E-state index contributed by atoms with van der Waals surface area (Å²) < 4.78 is 0. The number of amides is 2. The number of carbonyl (C=O) groups is 2. The van der Waals surface area contributed by atoms with Gasteiger partial charge in [0, 0.05) is 37.1 Å². The summed E-state index contributed by atoms with van der Waals surface area (Å²) in [5.74, 6) is -0.350. The molecule has 1 N–H and O–H groups in total. The first kappa shape index (κ1) is 19.4. The van der Waals surface area contributed by atoms with E-state index in [0.29, 0.717) is 19.0 Å². The van der Waals surface area contributed by atoms with Crippen LogP contribution in [0.5, 0.6) is 0 Å². The van der Waals surface area contributed by atoms with Crippen LogP contribution in [0.25, 0.3) is 0 Å². The Bertz CT molecular complexity index is 715. The number of rotatable bonds is 5. The second kappa shape index (κ2) is 7.72. The van der Waals surface area contributed by atoms with E-state index in [0.717, 1.165) is 18.8 Å². The molecule has 0 radical (unpaired) electrons. The fraction of sp³-hybridized carbons (Fsp3) is 0.524. The monoisotopic (exact) mass is 370 g/mol. The van der Waals surface area contributed by atoms with E-state index in [-0.39, 0.29) is 11.8 Å². The molecular weight excluding hydrogens is 340 g/mol. The lowest BCUT2D eigenvalue weighted by molar-refractivity contribution is -0.150. The van der Waals surface area contributed by atoms with Crippen molar-refractivity contribution in [2.24, 2.45) is 0 Å². The van der Waals surface area contributed by atoms with Gasteiger partial charge >= 0.3 is 0 Å². The molecule has 0 aliphatic carbocycles. The zero-order valence-corrected chi connectivity index (χ0v) is 16.6. The lowest BCUT2D eigenvalue weighted by atomic mass is 9.85. The standard InChI is InChI=1S/C21H30N4O2/c1-5-19(26)25-14-12-21(25,2)20(27)22-16-8-10-17(11-9-16)24-13-6-7-18(15-24)23(3)4/h5,8-11,18H,1,6-7,12-15H2,2-4H3,(H,22,27). The molecule has 2 heterocycles. The van der Waals surface area contributed by atoms with E-state index in [9.17, 15) is 9.59 Å². The minimum atomic E-state index is -0.796. The molecule has 0 saturated carbocycles. The predicted molar refractivity (Wildman–Crippen MR) is 109 cm³/mol. The van der Waals surface area contributed by atoms with E-state index >= 15 is 0 Å². The topological polar surface area (TPSA) is 55.9 Å². The molecule has 1 aromatic carbocycles. The molecular formula is C21H30N4O2. The fourth-order valence-corrected chi connectivity index (χ4v) is 3.89. The molecule has 2 aliphatic heterocycles. The first-order valence-corrected chi connectivity index (χ1v) is 9.62. The molecule has 1 aromatic rings. The van der Waals surface area contributed by atoms with Crippen LogP contribution in [0.3, 0.4) is 0 Å². The largest absolute Gasteiger partial charge is 0.370 e. The molecule has 0 spiro atoms. The fourth-order valence-electron chi connectivity index (χ4n) is 3.89. The predicted octanol–water partition coefficient (Wildman–Crippen LogP) is 2.33. The average Bonchev–Trinajstić information content (AvgIpc) is 2.66. The van der Waals surface area contributed by atoms with Gasteiger partial charge in [-0.3, -0.25) is 9.59 Å². The third-order valence-electron chi connectivity index (χ3n) is 5.96. The Hall–Kier alpha value is -2.34. The summed E-state index contributed by atoms with van der Waals surface area (Å²) in [7, 11) is 4.27. The van der Waals surface area contributed by atoms with Crippen LogP contribution in [-0.4, -0.2) is 66.9 Å². The smallest absolute Gasteiger partial charge is 0.250 e. The molecule has 2 fully saturated rings. The van der Waals surface area contributed by atoms with Gasteiger partial charge in [-0.15, -0.1) is 0 Å². The van der Waals surface area contributed by atoms with Crippen molar-refractivity contribution in [3.63, 3.8) is 0 Å². The minimum Gasteiger partial charge on any atom is -0.370 e. The quantitative estimate of drug-likeness (QED) is 0.809. The van der Waals surface area contributed by atoms with Crippen molar-refractivity contribution >= 4 is 23.2 Å². The SMILES string of the molecule is C=CC(=O)N1CCC1(C)C(=O)Nc1ccc(N2CCCC(N(C)C)C2)cc1. The molecule has 0 aromatic heterocycles. The Morgan fingerprint density at radius 1 is 1.26 bits per heavy atom. The maximum Gasteiger partial charge on any atom is 0.250 e. The van der Waals surface area contributed by atoms with Crippen LogP contribution in [-0.2, 0) is 9.59 Å². The molecule has 3 rings (SSSR count). The highest BCUT2D eigenvalue weighted by atomic mass is 16.2.